The van der Waals surface area contributed by atoms with Gasteiger partial charge in [-0.05, 0) is 43.0 Å². The topological polar surface area (TPSA) is 57.7 Å². The van der Waals surface area contributed by atoms with Crippen molar-refractivity contribution in [3.63, 3.8) is 0 Å². The van der Waals surface area contributed by atoms with Crippen LogP contribution in [0.2, 0.25) is 0 Å². The molecule has 0 bridgehead atoms. The van der Waals surface area contributed by atoms with Crippen LogP contribution in [0.3, 0.4) is 0 Å². The Labute approximate surface area is 169 Å². The smallest absolute Gasteiger partial charge is 0.264 e. The number of rotatable bonds is 3. The van der Waals surface area contributed by atoms with Gasteiger partial charge in [-0.1, -0.05) is 35.9 Å². The number of hydrogen-bond donors (Lipinski definition) is 0. The lowest BCUT2D eigenvalue weighted by molar-refractivity contribution is 0.0702. The Morgan fingerprint density at radius 1 is 0.929 bits per heavy atom. The normalized spacial score (nSPS) is 15.9. The zero-order valence-electron chi connectivity index (χ0n) is 15.9. The number of nitrogens with zero attached hydrogens (tertiary/aromatic N) is 2. The van der Waals surface area contributed by atoms with Crippen molar-refractivity contribution in [2.24, 2.45) is 0 Å². The molecule has 7 heteroatoms. The monoisotopic (exact) mass is 414 g/mol. The van der Waals surface area contributed by atoms with Crippen LogP contribution < -0.4 is 0 Å². The van der Waals surface area contributed by atoms with E-state index in [-0.39, 0.29) is 5.91 Å². The number of carbonyl (C=O) groups is 1. The molecule has 0 aliphatic carbocycles. The molecule has 2 heterocycles. The Morgan fingerprint density at radius 3 is 2.21 bits per heavy atom. The van der Waals surface area contributed by atoms with Crippen molar-refractivity contribution in [2.75, 3.05) is 26.2 Å². The molecule has 28 heavy (non-hydrogen) atoms. The fourth-order valence-electron chi connectivity index (χ4n) is 3.51. The summed E-state index contributed by atoms with van der Waals surface area (Å²) >= 11 is 1.51. The summed E-state index contributed by atoms with van der Waals surface area (Å²) in [6.07, 6.45) is 0. The molecular weight excluding hydrogens is 392 g/mol. The van der Waals surface area contributed by atoms with Crippen molar-refractivity contribution in [3.8, 4) is 0 Å². The molecular formula is C21H22N2O3S2. The van der Waals surface area contributed by atoms with Gasteiger partial charge in [-0.15, -0.1) is 11.3 Å². The number of carbonyl (C=O) groups excluding carboxylic acids is 1. The van der Waals surface area contributed by atoms with E-state index in [0.717, 1.165) is 26.1 Å². The minimum Gasteiger partial charge on any atom is -0.335 e. The third-order valence-corrected chi connectivity index (χ3v) is 8.40. The van der Waals surface area contributed by atoms with E-state index in [4.69, 9.17) is 0 Å². The van der Waals surface area contributed by atoms with Gasteiger partial charge in [0.15, 0.2) is 0 Å². The summed E-state index contributed by atoms with van der Waals surface area (Å²) in [5, 5.41) is 1.11. The molecule has 1 aromatic heterocycles. The van der Waals surface area contributed by atoms with Gasteiger partial charge in [-0.2, -0.15) is 4.31 Å². The fourth-order valence-corrected chi connectivity index (χ4v) is 6.11. The van der Waals surface area contributed by atoms with Crippen molar-refractivity contribution in [1.82, 2.24) is 9.21 Å². The van der Waals surface area contributed by atoms with Crippen LogP contribution in [-0.4, -0.2) is 49.7 Å². The highest BCUT2D eigenvalue weighted by molar-refractivity contribution is 7.89. The molecule has 0 atom stereocenters. The summed E-state index contributed by atoms with van der Waals surface area (Å²) in [4.78, 5) is 15.8. The SMILES string of the molecule is Cc1ccc(S(=O)(=O)N2CCN(C(=O)c3sc4ccccc4c3C)CC2)cc1. The molecule has 1 amide bonds. The molecule has 0 radical (unpaired) electrons. The van der Waals surface area contributed by atoms with E-state index in [0.29, 0.717) is 31.1 Å². The average molecular weight is 415 g/mol. The molecule has 1 fully saturated rings. The van der Waals surface area contributed by atoms with Crippen molar-refractivity contribution in [1.29, 1.82) is 0 Å². The number of benzene rings is 2. The molecule has 5 nitrogen and oxygen atoms in total. The highest BCUT2D eigenvalue weighted by Crippen LogP contribution is 2.31. The second kappa shape index (κ2) is 7.31. The van der Waals surface area contributed by atoms with Gasteiger partial charge in [-0.25, -0.2) is 8.42 Å². The standard InChI is InChI=1S/C21H22N2O3S2/c1-15-7-9-17(10-8-15)28(25,26)23-13-11-22(12-14-23)21(24)20-16(2)18-5-3-4-6-19(18)27-20/h3-10H,11-14H2,1-2H3. The van der Waals surface area contributed by atoms with Crippen LogP contribution in [0, 0.1) is 13.8 Å². The highest BCUT2D eigenvalue weighted by Gasteiger charge is 2.31. The maximum Gasteiger partial charge on any atom is 0.264 e. The minimum absolute atomic E-state index is 0.00826. The first-order valence-electron chi connectivity index (χ1n) is 9.22. The van der Waals surface area contributed by atoms with Crippen molar-refractivity contribution in [2.45, 2.75) is 18.7 Å². The lowest BCUT2D eigenvalue weighted by Gasteiger charge is -2.34. The van der Waals surface area contributed by atoms with E-state index < -0.39 is 10.0 Å². The van der Waals surface area contributed by atoms with Crippen LogP contribution >= 0.6 is 11.3 Å². The number of sulfonamides is 1. The van der Waals surface area contributed by atoms with Gasteiger partial charge in [0.2, 0.25) is 10.0 Å². The molecule has 1 aliphatic heterocycles. The fraction of sp³-hybridized carbons (Fsp3) is 0.286. The van der Waals surface area contributed by atoms with Crippen LogP contribution in [0.15, 0.2) is 53.4 Å². The number of thiophene rings is 1. The zero-order valence-corrected chi connectivity index (χ0v) is 17.5. The predicted octanol–water partition coefficient (Wildman–Crippen LogP) is 3.66. The molecule has 4 rings (SSSR count). The lowest BCUT2D eigenvalue weighted by Crippen LogP contribution is -2.50. The predicted molar refractivity (Wildman–Crippen MR) is 112 cm³/mol. The summed E-state index contributed by atoms with van der Waals surface area (Å²) in [5.41, 5.74) is 2.02. The number of fused-ring (bicyclic) bond motifs is 1. The van der Waals surface area contributed by atoms with E-state index in [9.17, 15) is 13.2 Å². The van der Waals surface area contributed by atoms with Gasteiger partial charge >= 0.3 is 0 Å². The Morgan fingerprint density at radius 2 is 1.57 bits per heavy atom. The molecule has 2 aromatic carbocycles. The summed E-state index contributed by atoms with van der Waals surface area (Å²) in [7, 11) is -3.52. The van der Waals surface area contributed by atoms with Crippen LogP contribution in [-0.2, 0) is 10.0 Å². The van der Waals surface area contributed by atoms with E-state index in [1.807, 2.05) is 38.1 Å². The van der Waals surface area contributed by atoms with E-state index in [2.05, 4.69) is 0 Å². The molecule has 146 valence electrons. The van der Waals surface area contributed by atoms with Crippen molar-refractivity contribution < 1.29 is 13.2 Å². The molecule has 1 saturated heterocycles. The quantitative estimate of drug-likeness (QED) is 0.657. The maximum atomic E-state index is 13.0. The van der Waals surface area contributed by atoms with E-state index >= 15 is 0 Å². The lowest BCUT2D eigenvalue weighted by atomic mass is 10.1. The van der Waals surface area contributed by atoms with Gasteiger partial charge in [-0.3, -0.25) is 4.79 Å². The van der Waals surface area contributed by atoms with Crippen LogP contribution in [0.25, 0.3) is 10.1 Å². The van der Waals surface area contributed by atoms with Crippen molar-refractivity contribution >= 4 is 37.4 Å². The second-order valence-electron chi connectivity index (χ2n) is 7.06. The first kappa shape index (κ1) is 19.1. The number of aryl methyl sites for hydroxylation is 2. The van der Waals surface area contributed by atoms with Gasteiger partial charge in [0, 0.05) is 30.9 Å². The molecule has 3 aromatic rings. The first-order chi connectivity index (χ1) is 13.4. The summed E-state index contributed by atoms with van der Waals surface area (Å²) in [5.74, 6) is -0.00826. The maximum absolute atomic E-state index is 13.0. The third-order valence-electron chi connectivity index (χ3n) is 5.22. The summed E-state index contributed by atoms with van der Waals surface area (Å²) < 4.78 is 28.3. The Balaban J connectivity index is 1.49. The number of piperazine rings is 1. The van der Waals surface area contributed by atoms with Crippen LogP contribution in [0.5, 0.6) is 0 Å². The minimum atomic E-state index is -3.52. The largest absolute Gasteiger partial charge is 0.335 e. The highest BCUT2D eigenvalue weighted by atomic mass is 32.2. The number of amides is 1. The molecule has 0 N–H and O–H groups in total. The molecule has 0 spiro atoms. The Hall–Kier alpha value is -2.22. The summed E-state index contributed by atoms with van der Waals surface area (Å²) in [6.45, 7) is 5.33. The zero-order chi connectivity index (χ0) is 19.9. The number of hydrogen-bond acceptors (Lipinski definition) is 4. The Kier molecular flexibility index (Phi) is 4.99. The Bertz CT molecular complexity index is 1130. The van der Waals surface area contributed by atoms with Gasteiger partial charge in [0.25, 0.3) is 5.91 Å². The van der Waals surface area contributed by atoms with Gasteiger partial charge in [0.1, 0.15) is 0 Å². The van der Waals surface area contributed by atoms with E-state index in [1.54, 1.807) is 29.2 Å². The van der Waals surface area contributed by atoms with Gasteiger partial charge < -0.3 is 4.90 Å². The van der Waals surface area contributed by atoms with Crippen molar-refractivity contribution in [3.05, 3.63) is 64.5 Å². The van der Waals surface area contributed by atoms with Crippen LogP contribution in [0.4, 0.5) is 0 Å². The third kappa shape index (κ3) is 3.34. The first-order valence-corrected chi connectivity index (χ1v) is 11.5. The molecule has 0 saturated carbocycles. The average Bonchev–Trinajstić information content (AvgIpc) is 3.05. The summed E-state index contributed by atoms with van der Waals surface area (Å²) in [6, 6.07) is 14.9. The van der Waals surface area contributed by atoms with Crippen LogP contribution in [0.1, 0.15) is 20.8 Å². The molecule has 1 aliphatic rings. The second-order valence-corrected chi connectivity index (χ2v) is 10.1. The van der Waals surface area contributed by atoms with Gasteiger partial charge in [0.05, 0.1) is 9.77 Å². The van der Waals surface area contributed by atoms with E-state index in [1.165, 1.54) is 15.6 Å². The molecule has 0 unspecified atom stereocenters.